The molecule has 1 aromatic heterocycles. The molecule has 0 spiro atoms. The van der Waals surface area contributed by atoms with Gasteiger partial charge in [-0.1, -0.05) is 6.07 Å². The zero-order valence-corrected chi connectivity index (χ0v) is 8.39. The van der Waals surface area contributed by atoms with Crippen molar-refractivity contribution in [3.8, 4) is 0 Å². The second-order valence-corrected chi connectivity index (χ2v) is 4.53. The lowest BCUT2D eigenvalue weighted by Crippen LogP contribution is -2.30. The van der Waals surface area contributed by atoms with Crippen LogP contribution < -0.4 is 0 Å². The predicted octanol–water partition coefficient (Wildman–Crippen LogP) is 2.24. The highest BCUT2D eigenvalue weighted by atomic mass is 15.2. The lowest BCUT2D eigenvalue weighted by Gasteiger charge is -2.32. The van der Waals surface area contributed by atoms with Crippen molar-refractivity contribution in [2.45, 2.75) is 25.3 Å². The molecule has 3 atom stereocenters. The topological polar surface area (TPSA) is 16.1 Å². The first-order valence-corrected chi connectivity index (χ1v) is 5.57. The van der Waals surface area contributed by atoms with Gasteiger partial charge < -0.3 is 0 Å². The van der Waals surface area contributed by atoms with Crippen molar-refractivity contribution in [1.82, 2.24) is 9.88 Å². The Balaban J connectivity index is 1.85. The van der Waals surface area contributed by atoms with Crippen LogP contribution in [0, 0.1) is 5.92 Å². The highest BCUT2D eigenvalue weighted by molar-refractivity contribution is 5.15. The fourth-order valence-electron chi connectivity index (χ4n) is 2.91. The van der Waals surface area contributed by atoms with E-state index in [2.05, 4.69) is 22.0 Å². The van der Waals surface area contributed by atoms with Crippen molar-refractivity contribution < 1.29 is 0 Å². The van der Waals surface area contributed by atoms with E-state index in [9.17, 15) is 0 Å². The largest absolute Gasteiger partial charge is 0.296 e. The third kappa shape index (κ3) is 1.34. The van der Waals surface area contributed by atoms with Gasteiger partial charge in [-0.3, -0.25) is 9.88 Å². The fraction of sp³-hybridized carbons (Fsp3) is 0.583. The average Bonchev–Trinajstić information content (AvgIpc) is 2.62. The Kier molecular flexibility index (Phi) is 2.02. The number of hydrogen-bond acceptors (Lipinski definition) is 2. The minimum absolute atomic E-state index is 0.655. The first-order valence-electron chi connectivity index (χ1n) is 5.57. The normalized spacial score (nSPS) is 35.9. The molecule has 0 aliphatic carbocycles. The summed E-state index contributed by atoms with van der Waals surface area (Å²) >= 11 is 0. The summed E-state index contributed by atoms with van der Waals surface area (Å²) in [6.45, 7) is 2.61. The summed E-state index contributed by atoms with van der Waals surface area (Å²) in [6.07, 6.45) is 8.05. The zero-order valence-electron chi connectivity index (χ0n) is 8.39. The van der Waals surface area contributed by atoms with Gasteiger partial charge >= 0.3 is 0 Å². The average molecular weight is 188 g/mol. The summed E-state index contributed by atoms with van der Waals surface area (Å²) < 4.78 is 0. The van der Waals surface area contributed by atoms with E-state index in [1.54, 1.807) is 0 Å². The molecule has 0 amide bonds. The first-order chi connectivity index (χ1) is 6.93. The maximum absolute atomic E-state index is 4.22. The smallest absolute Gasteiger partial charge is 0.0363 e. The molecule has 2 aliphatic heterocycles. The molecule has 2 nitrogen and oxygen atoms in total. The van der Waals surface area contributed by atoms with Gasteiger partial charge in [-0.25, -0.2) is 0 Å². The lowest BCUT2D eigenvalue weighted by atomic mass is 9.93. The Morgan fingerprint density at radius 1 is 1.29 bits per heavy atom. The summed E-state index contributed by atoms with van der Waals surface area (Å²) in [5, 5.41) is 0. The minimum atomic E-state index is 0.655. The molecule has 2 aliphatic rings. The monoisotopic (exact) mass is 188 g/mol. The van der Waals surface area contributed by atoms with Crippen LogP contribution in [0.25, 0.3) is 0 Å². The van der Waals surface area contributed by atoms with Crippen LogP contribution in [0.3, 0.4) is 0 Å². The summed E-state index contributed by atoms with van der Waals surface area (Å²) in [4.78, 5) is 6.85. The molecule has 3 heterocycles. The molecule has 2 fully saturated rings. The van der Waals surface area contributed by atoms with Crippen LogP contribution in [0.4, 0.5) is 0 Å². The maximum Gasteiger partial charge on any atom is 0.0363 e. The number of piperidine rings is 1. The second-order valence-electron chi connectivity index (χ2n) is 4.53. The Morgan fingerprint density at radius 2 is 2.29 bits per heavy atom. The molecule has 14 heavy (non-hydrogen) atoms. The highest BCUT2D eigenvalue weighted by Gasteiger charge is 2.33. The SMILES string of the molecule is c1cncc([C@@H]2CC[C@H]3CCN2C3)c1. The Hall–Kier alpha value is -0.890. The third-order valence-electron chi connectivity index (χ3n) is 3.68. The predicted molar refractivity (Wildman–Crippen MR) is 55.9 cm³/mol. The number of pyridine rings is 1. The van der Waals surface area contributed by atoms with Gasteiger partial charge in [-0.05, 0) is 43.4 Å². The van der Waals surface area contributed by atoms with Crippen LogP contribution in [0.15, 0.2) is 24.5 Å². The third-order valence-corrected chi connectivity index (χ3v) is 3.68. The maximum atomic E-state index is 4.22. The van der Waals surface area contributed by atoms with Gasteiger partial charge in [-0.15, -0.1) is 0 Å². The van der Waals surface area contributed by atoms with E-state index in [0.29, 0.717) is 6.04 Å². The molecule has 74 valence electrons. The molecule has 1 unspecified atom stereocenters. The van der Waals surface area contributed by atoms with Crippen molar-refractivity contribution >= 4 is 0 Å². The van der Waals surface area contributed by atoms with Crippen molar-refractivity contribution in [3.63, 3.8) is 0 Å². The number of aromatic nitrogens is 1. The van der Waals surface area contributed by atoms with E-state index in [4.69, 9.17) is 0 Å². The highest BCUT2D eigenvalue weighted by Crippen LogP contribution is 2.38. The Bertz CT molecular complexity index is 309. The van der Waals surface area contributed by atoms with Crippen LogP contribution in [-0.2, 0) is 0 Å². The molecule has 2 heteroatoms. The summed E-state index contributed by atoms with van der Waals surface area (Å²) in [6, 6.07) is 4.93. The van der Waals surface area contributed by atoms with E-state index in [1.807, 2.05) is 12.4 Å². The van der Waals surface area contributed by atoms with E-state index < -0.39 is 0 Å². The summed E-state index contributed by atoms with van der Waals surface area (Å²) in [5.74, 6) is 0.989. The molecule has 2 bridgehead atoms. The summed E-state index contributed by atoms with van der Waals surface area (Å²) in [7, 11) is 0. The molecule has 2 saturated heterocycles. The molecular formula is C12H16N2. The first kappa shape index (κ1) is 8.42. The Labute approximate surface area is 85.0 Å². The molecule has 0 saturated carbocycles. The molecular weight excluding hydrogens is 172 g/mol. The van der Waals surface area contributed by atoms with Crippen LogP contribution in [0.5, 0.6) is 0 Å². The van der Waals surface area contributed by atoms with Gasteiger partial charge in [0.15, 0.2) is 0 Å². The van der Waals surface area contributed by atoms with Gasteiger partial charge in [0, 0.05) is 25.0 Å². The van der Waals surface area contributed by atoms with Crippen molar-refractivity contribution in [2.75, 3.05) is 13.1 Å². The standard InChI is InChI=1S/C12H16N2/c1-2-11(8-13-6-1)12-4-3-10-5-7-14(12)9-10/h1-2,6,8,10,12H,3-5,7,9H2/t10-,12-/m0/s1. The van der Waals surface area contributed by atoms with Crippen molar-refractivity contribution in [1.29, 1.82) is 0 Å². The van der Waals surface area contributed by atoms with Gasteiger partial charge in [0.2, 0.25) is 0 Å². The molecule has 3 rings (SSSR count). The van der Waals surface area contributed by atoms with Gasteiger partial charge in [0.05, 0.1) is 0 Å². The van der Waals surface area contributed by atoms with Crippen molar-refractivity contribution in [2.24, 2.45) is 5.92 Å². The zero-order chi connectivity index (χ0) is 9.38. The minimum Gasteiger partial charge on any atom is -0.296 e. The van der Waals surface area contributed by atoms with E-state index in [1.165, 1.54) is 37.9 Å². The quantitative estimate of drug-likeness (QED) is 0.672. The number of rotatable bonds is 1. The van der Waals surface area contributed by atoms with Gasteiger partial charge in [0.1, 0.15) is 0 Å². The molecule has 0 N–H and O–H groups in total. The van der Waals surface area contributed by atoms with Crippen LogP contribution in [0.2, 0.25) is 0 Å². The number of nitrogens with zero attached hydrogens (tertiary/aromatic N) is 2. The van der Waals surface area contributed by atoms with Gasteiger partial charge in [-0.2, -0.15) is 0 Å². The number of hydrogen-bond donors (Lipinski definition) is 0. The van der Waals surface area contributed by atoms with E-state index in [0.717, 1.165) is 5.92 Å². The second kappa shape index (κ2) is 3.35. The fourth-order valence-corrected chi connectivity index (χ4v) is 2.91. The lowest BCUT2D eigenvalue weighted by molar-refractivity contribution is 0.182. The van der Waals surface area contributed by atoms with Crippen LogP contribution in [0.1, 0.15) is 30.9 Å². The molecule has 0 radical (unpaired) electrons. The van der Waals surface area contributed by atoms with Crippen molar-refractivity contribution in [3.05, 3.63) is 30.1 Å². The van der Waals surface area contributed by atoms with Crippen LogP contribution >= 0.6 is 0 Å². The summed E-state index contributed by atoms with van der Waals surface area (Å²) in [5.41, 5.74) is 1.41. The molecule has 0 aromatic carbocycles. The van der Waals surface area contributed by atoms with E-state index >= 15 is 0 Å². The van der Waals surface area contributed by atoms with E-state index in [-0.39, 0.29) is 0 Å². The number of fused-ring (bicyclic) bond motifs is 2. The van der Waals surface area contributed by atoms with Crippen LogP contribution in [-0.4, -0.2) is 23.0 Å². The Morgan fingerprint density at radius 3 is 3.14 bits per heavy atom. The molecule has 1 aromatic rings. The van der Waals surface area contributed by atoms with Gasteiger partial charge in [0.25, 0.3) is 0 Å².